The lowest BCUT2D eigenvalue weighted by molar-refractivity contribution is -0.151. The maximum Gasteiger partial charge on any atom is 0.306 e. The summed E-state index contributed by atoms with van der Waals surface area (Å²) in [6.07, 6.45) is 7.16. The van der Waals surface area contributed by atoms with Crippen LogP contribution in [0.5, 0.6) is 0 Å². The first kappa shape index (κ1) is 33.3. The fourth-order valence-corrected chi connectivity index (χ4v) is 7.66. The third-order valence-corrected chi connectivity index (χ3v) is 10.2. The zero-order chi connectivity index (χ0) is 33.1. The van der Waals surface area contributed by atoms with Crippen LogP contribution in [0.3, 0.4) is 0 Å². The highest BCUT2D eigenvalue weighted by Crippen LogP contribution is 2.56. The Morgan fingerprint density at radius 2 is 1.79 bits per heavy atom. The van der Waals surface area contributed by atoms with Gasteiger partial charge < -0.3 is 34.4 Å². The van der Waals surface area contributed by atoms with Gasteiger partial charge in [0.1, 0.15) is 18.2 Å². The molecule has 5 aliphatic heterocycles. The fourth-order valence-electron chi connectivity index (χ4n) is 7.66. The van der Waals surface area contributed by atoms with Crippen LogP contribution in [0.15, 0.2) is 54.6 Å². The van der Waals surface area contributed by atoms with Crippen LogP contribution >= 0.6 is 0 Å². The SMILES string of the molecule is CC(C)[C@H](CO)N1C(=O)[C@@H]2[C@H]3C(=O)N[C@@H](c4ccccc4)COC(=O)CC/C=C\CN(CCN4CCOCC4)C(=O)[C@@H]1[C@]21C=C[C@H]3O1. The molecule has 1 spiro atoms. The second-order valence-corrected chi connectivity index (χ2v) is 13.3. The Bertz CT molecular complexity index is 1380. The van der Waals surface area contributed by atoms with Gasteiger partial charge in [0.05, 0.1) is 49.8 Å². The number of likely N-dealkylation sites (tertiary alicyclic amines) is 1. The number of aliphatic hydroxyl groups excluding tert-OH is 1. The maximum absolute atomic E-state index is 14.8. The van der Waals surface area contributed by atoms with E-state index in [2.05, 4.69) is 10.2 Å². The number of fused-ring (bicyclic) bond motifs is 2. The molecule has 0 aromatic heterocycles. The van der Waals surface area contributed by atoms with Gasteiger partial charge in [0.15, 0.2) is 0 Å². The predicted molar refractivity (Wildman–Crippen MR) is 171 cm³/mol. The Kier molecular flexibility index (Phi) is 10.1. The van der Waals surface area contributed by atoms with Crippen molar-refractivity contribution >= 4 is 23.7 Å². The standard InChI is InChI=1S/C35H46N4O8/c1-23(2)26(21-40)39-31-34(44)38(16-15-37-17-19-45-20-18-37)14-8-4-7-11-28(41)46-22-25(24-9-5-3-6-10-24)36-32(42)29-27-12-13-35(31,47-27)30(29)33(39)43/h3-6,8-10,12-13,23,25-27,29-31,40H,7,11,14-22H2,1-2H3,(H,36,42)/b8-4-/t25-,26+,27-,29+,30+,31-,35+/m1/s1. The monoisotopic (exact) mass is 650 g/mol. The molecule has 0 saturated carbocycles. The van der Waals surface area contributed by atoms with Gasteiger partial charge in [0, 0.05) is 39.1 Å². The molecule has 2 N–H and O–H groups in total. The number of hydrogen-bond donors (Lipinski definition) is 2. The summed E-state index contributed by atoms with van der Waals surface area (Å²) >= 11 is 0. The Balaban J connectivity index is 1.39. The van der Waals surface area contributed by atoms with Gasteiger partial charge in [-0.25, -0.2) is 0 Å². The average Bonchev–Trinajstić information content (AvgIpc) is 3.72. The summed E-state index contributed by atoms with van der Waals surface area (Å²) in [7, 11) is 0. The highest BCUT2D eigenvalue weighted by molar-refractivity contribution is 6.00. The quantitative estimate of drug-likeness (QED) is 0.328. The minimum Gasteiger partial charge on any atom is -0.463 e. The summed E-state index contributed by atoms with van der Waals surface area (Å²) in [6.45, 7) is 7.44. The summed E-state index contributed by atoms with van der Waals surface area (Å²) in [4.78, 5) is 61.8. The number of aliphatic hydroxyl groups is 1. The number of cyclic esters (lactones) is 1. The van der Waals surface area contributed by atoms with Crippen LogP contribution in [-0.4, -0.2) is 126 Å². The predicted octanol–water partition coefficient (Wildman–Crippen LogP) is 1.07. The number of nitrogens with one attached hydrogen (secondary N) is 1. The number of benzene rings is 1. The van der Waals surface area contributed by atoms with Crippen molar-refractivity contribution in [2.24, 2.45) is 17.8 Å². The van der Waals surface area contributed by atoms with Crippen LogP contribution in [0.2, 0.25) is 0 Å². The lowest BCUT2D eigenvalue weighted by Gasteiger charge is -2.40. The topological polar surface area (TPSA) is 138 Å². The molecule has 0 aliphatic carbocycles. The highest BCUT2D eigenvalue weighted by Gasteiger charge is 2.74. The van der Waals surface area contributed by atoms with Gasteiger partial charge in [0.25, 0.3) is 0 Å². The second kappa shape index (κ2) is 14.3. The Labute approximate surface area is 275 Å². The van der Waals surface area contributed by atoms with Crippen molar-refractivity contribution < 1.29 is 38.5 Å². The molecule has 3 fully saturated rings. The first-order valence-corrected chi connectivity index (χ1v) is 16.8. The fraction of sp³-hybridized carbons (Fsp3) is 0.600. The molecule has 1 aromatic carbocycles. The largest absolute Gasteiger partial charge is 0.463 e. The summed E-state index contributed by atoms with van der Waals surface area (Å²) in [5.74, 6) is -3.54. The van der Waals surface area contributed by atoms with E-state index in [9.17, 15) is 24.3 Å². The van der Waals surface area contributed by atoms with Crippen LogP contribution in [0.4, 0.5) is 0 Å². The van der Waals surface area contributed by atoms with E-state index in [0.29, 0.717) is 32.7 Å². The summed E-state index contributed by atoms with van der Waals surface area (Å²) in [5, 5.41) is 13.6. The van der Waals surface area contributed by atoms with Gasteiger partial charge in [0.2, 0.25) is 17.7 Å². The lowest BCUT2D eigenvalue weighted by atomic mass is 9.74. The molecule has 0 unspecified atom stereocenters. The summed E-state index contributed by atoms with van der Waals surface area (Å²) in [5.41, 5.74) is -0.614. The van der Waals surface area contributed by atoms with Crippen molar-refractivity contribution in [2.75, 3.05) is 59.2 Å². The zero-order valence-electron chi connectivity index (χ0n) is 27.2. The van der Waals surface area contributed by atoms with E-state index in [0.717, 1.165) is 18.7 Å². The number of allylic oxidation sites excluding steroid dienone is 1. The van der Waals surface area contributed by atoms with E-state index < -0.39 is 53.5 Å². The molecule has 7 atom stereocenters. The molecule has 12 nitrogen and oxygen atoms in total. The zero-order valence-corrected chi connectivity index (χ0v) is 27.2. The van der Waals surface area contributed by atoms with Gasteiger partial charge in [-0.3, -0.25) is 24.1 Å². The molecule has 5 heterocycles. The number of esters is 1. The minimum absolute atomic E-state index is 0.0708. The number of carbonyl (C=O) groups is 4. The molecule has 1 aromatic rings. The van der Waals surface area contributed by atoms with Crippen LogP contribution in [-0.2, 0) is 33.4 Å². The molecule has 0 radical (unpaired) electrons. The number of amides is 3. The first-order chi connectivity index (χ1) is 22.7. The highest BCUT2D eigenvalue weighted by atomic mass is 16.5. The van der Waals surface area contributed by atoms with Crippen molar-refractivity contribution in [3.8, 4) is 0 Å². The number of hydrogen-bond acceptors (Lipinski definition) is 9. The number of rotatable bonds is 7. The van der Waals surface area contributed by atoms with Crippen molar-refractivity contribution in [1.29, 1.82) is 0 Å². The molecular formula is C35H46N4O8. The molecule has 3 saturated heterocycles. The number of ether oxygens (including phenoxy) is 3. The van der Waals surface area contributed by atoms with Crippen LogP contribution < -0.4 is 5.32 Å². The average molecular weight is 651 g/mol. The van der Waals surface area contributed by atoms with Gasteiger partial charge in [-0.1, -0.05) is 68.5 Å². The molecule has 5 aliphatic rings. The summed E-state index contributed by atoms with van der Waals surface area (Å²) < 4.78 is 17.7. The van der Waals surface area contributed by atoms with E-state index in [1.165, 1.54) is 4.90 Å². The Morgan fingerprint density at radius 3 is 2.51 bits per heavy atom. The smallest absolute Gasteiger partial charge is 0.306 e. The first-order valence-electron chi connectivity index (χ1n) is 16.8. The number of morpholine rings is 1. The Hall–Kier alpha value is -3.58. The number of carbonyl (C=O) groups excluding carboxylic acids is 4. The third kappa shape index (κ3) is 6.48. The molecular weight excluding hydrogens is 604 g/mol. The van der Waals surface area contributed by atoms with Crippen LogP contribution in [0.25, 0.3) is 0 Å². The van der Waals surface area contributed by atoms with Gasteiger partial charge in [-0.05, 0) is 17.9 Å². The van der Waals surface area contributed by atoms with E-state index in [-0.39, 0.29) is 43.9 Å². The van der Waals surface area contributed by atoms with Crippen LogP contribution in [0.1, 0.15) is 38.3 Å². The van der Waals surface area contributed by atoms with Crippen molar-refractivity contribution in [3.05, 3.63) is 60.2 Å². The molecule has 6 rings (SSSR count). The van der Waals surface area contributed by atoms with Gasteiger partial charge in [-0.2, -0.15) is 0 Å². The van der Waals surface area contributed by atoms with E-state index in [1.54, 1.807) is 17.1 Å². The van der Waals surface area contributed by atoms with Crippen molar-refractivity contribution in [3.63, 3.8) is 0 Å². The summed E-state index contributed by atoms with van der Waals surface area (Å²) in [6, 6.07) is 6.86. The van der Waals surface area contributed by atoms with Crippen LogP contribution in [0, 0.1) is 17.8 Å². The Morgan fingerprint density at radius 1 is 1.02 bits per heavy atom. The molecule has 3 amide bonds. The third-order valence-electron chi connectivity index (χ3n) is 10.2. The van der Waals surface area contributed by atoms with E-state index in [1.807, 2.05) is 56.3 Å². The minimum atomic E-state index is -1.37. The normalized spacial score (nSPS) is 33.2. The van der Waals surface area contributed by atoms with E-state index in [4.69, 9.17) is 14.2 Å². The lowest BCUT2D eigenvalue weighted by Crippen LogP contribution is -2.60. The van der Waals surface area contributed by atoms with E-state index >= 15 is 0 Å². The van der Waals surface area contributed by atoms with Crippen molar-refractivity contribution in [1.82, 2.24) is 20.0 Å². The maximum atomic E-state index is 14.8. The molecule has 12 heteroatoms. The van der Waals surface area contributed by atoms with Crippen molar-refractivity contribution in [2.45, 2.75) is 56.5 Å². The number of nitrogens with zero attached hydrogens (tertiary/aromatic N) is 3. The van der Waals surface area contributed by atoms with Gasteiger partial charge >= 0.3 is 5.97 Å². The molecule has 254 valence electrons. The molecule has 47 heavy (non-hydrogen) atoms. The molecule has 5 bridgehead atoms. The van der Waals surface area contributed by atoms with Gasteiger partial charge in [-0.15, -0.1) is 0 Å². The second-order valence-electron chi connectivity index (χ2n) is 13.3.